The summed E-state index contributed by atoms with van der Waals surface area (Å²) in [5, 5.41) is 21.7. The van der Waals surface area contributed by atoms with Crippen LogP contribution in [0.5, 0.6) is 0 Å². The molecule has 0 aliphatic rings. The Kier molecular flexibility index (Phi) is 11.5. The molecule has 4 atom stereocenters. The number of benzene rings is 3. The maximum absolute atomic E-state index is 10.8. The number of aliphatic hydroxyl groups is 2. The van der Waals surface area contributed by atoms with Gasteiger partial charge in [-0.05, 0) is 29.5 Å². The van der Waals surface area contributed by atoms with E-state index < -0.39 is 24.3 Å². The number of hydrogen-bond donors (Lipinski definition) is 4. The molecule has 0 fully saturated rings. The van der Waals surface area contributed by atoms with E-state index in [2.05, 4.69) is 0 Å². The third-order valence-corrected chi connectivity index (χ3v) is 5.76. The van der Waals surface area contributed by atoms with Crippen molar-refractivity contribution in [2.45, 2.75) is 43.7 Å². The zero-order valence-corrected chi connectivity index (χ0v) is 19.7. The number of halogens is 1. The highest BCUT2D eigenvalue weighted by Crippen LogP contribution is 2.12. The van der Waals surface area contributed by atoms with Crippen molar-refractivity contribution in [1.82, 2.24) is 4.90 Å². The zero-order chi connectivity index (χ0) is 22.8. The molecule has 178 valence electrons. The van der Waals surface area contributed by atoms with Gasteiger partial charge in [-0.15, -0.1) is 12.4 Å². The van der Waals surface area contributed by atoms with Crippen molar-refractivity contribution in [2.75, 3.05) is 13.1 Å². The maximum atomic E-state index is 10.8. The normalized spacial score (nSPS) is 14.8. The SMILES string of the molecule is Cl.NC(Cc1ccccc1)C(O)CN(Cc1ccccc1)C[C@@H](O)[C@@H](N)Cc1ccccc1. The van der Waals surface area contributed by atoms with Crippen LogP contribution in [0.3, 0.4) is 0 Å². The summed E-state index contributed by atoms with van der Waals surface area (Å²) in [7, 11) is 0. The van der Waals surface area contributed by atoms with Crippen molar-refractivity contribution in [2.24, 2.45) is 11.5 Å². The summed E-state index contributed by atoms with van der Waals surface area (Å²) < 4.78 is 0. The maximum Gasteiger partial charge on any atom is 0.0821 e. The second-order valence-electron chi connectivity index (χ2n) is 8.52. The monoisotopic (exact) mass is 469 g/mol. The predicted molar refractivity (Wildman–Crippen MR) is 137 cm³/mol. The molecule has 2 unspecified atom stereocenters. The average molecular weight is 470 g/mol. The van der Waals surface area contributed by atoms with E-state index in [-0.39, 0.29) is 12.4 Å². The highest BCUT2D eigenvalue weighted by Gasteiger charge is 2.23. The van der Waals surface area contributed by atoms with Crippen LogP contribution in [0, 0.1) is 0 Å². The Hall–Kier alpha value is -2.25. The fourth-order valence-corrected chi connectivity index (χ4v) is 3.89. The number of nitrogens with two attached hydrogens (primary N) is 2. The highest BCUT2D eigenvalue weighted by atomic mass is 35.5. The molecule has 33 heavy (non-hydrogen) atoms. The first-order valence-corrected chi connectivity index (χ1v) is 11.2. The molecular formula is C27H36ClN3O2. The molecule has 5 nitrogen and oxygen atoms in total. The molecule has 3 rings (SSSR count). The van der Waals surface area contributed by atoms with Crippen molar-refractivity contribution in [3.8, 4) is 0 Å². The third-order valence-electron chi connectivity index (χ3n) is 5.76. The van der Waals surface area contributed by atoms with Crippen molar-refractivity contribution in [3.05, 3.63) is 108 Å². The van der Waals surface area contributed by atoms with Crippen LogP contribution in [0.1, 0.15) is 16.7 Å². The summed E-state index contributed by atoms with van der Waals surface area (Å²) in [6.45, 7) is 1.32. The van der Waals surface area contributed by atoms with Crippen molar-refractivity contribution >= 4 is 12.4 Å². The minimum atomic E-state index is -0.725. The Labute approximate surface area is 203 Å². The highest BCUT2D eigenvalue weighted by molar-refractivity contribution is 5.85. The van der Waals surface area contributed by atoms with Crippen LogP contribution in [-0.4, -0.2) is 52.5 Å². The standard InChI is InChI=1S/C27H35N3O2.ClH/c28-24(16-21-10-4-1-5-11-21)26(31)19-30(18-23-14-8-3-9-15-23)20-27(32)25(29)17-22-12-6-2-7-13-22;/h1-15,24-27,31-32H,16-20,28-29H2;1H/t24-,25?,26+,27?;/m0./s1. The van der Waals surface area contributed by atoms with Crippen LogP contribution >= 0.6 is 12.4 Å². The van der Waals surface area contributed by atoms with Gasteiger partial charge in [0.05, 0.1) is 12.2 Å². The van der Waals surface area contributed by atoms with Gasteiger partial charge in [-0.2, -0.15) is 0 Å². The van der Waals surface area contributed by atoms with Gasteiger partial charge in [0.25, 0.3) is 0 Å². The lowest BCUT2D eigenvalue weighted by atomic mass is 10.00. The molecule has 0 aliphatic heterocycles. The van der Waals surface area contributed by atoms with Gasteiger partial charge in [0.1, 0.15) is 0 Å². The van der Waals surface area contributed by atoms with Gasteiger partial charge >= 0.3 is 0 Å². The minimum absolute atomic E-state index is 0. The van der Waals surface area contributed by atoms with Crippen LogP contribution in [0.4, 0.5) is 0 Å². The molecule has 0 aliphatic carbocycles. The number of hydrogen-bond acceptors (Lipinski definition) is 5. The molecule has 0 radical (unpaired) electrons. The van der Waals surface area contributed by atoms with Gasteiger partial charge in [-0.3, -0.25) is 4.90 Å². The molecule has 0 aromatic heterocycles. The average Bonchev–Trinajstić information content (AvgIpc) is 2.81. The van der Waals surface area contributed by atoms with E-state index in [9.17, 15) is 10.2 Å². The minimum Gasteiger partial charge on any atom is -0.390 e. The Bertz CT molecular complexity index is 844. The fraction of sp³-hybridized carbons (Fsp3) is 0.333. The number of aliphatic hydroxyl groups excluding tert-OH is 2. The molecule has 3 aromatic rings. The molecule has 6 heteroatoms. The van der Waals surface area contributed by atoms with E-state index in [0.29, 0.717) is 32.5 Å². The largest absolute Gasteiger partial charge is 0.390 e. The molecule has 0 saturated carbocycles. The van der Waals surface area contributed by atoms with Gasteiger partial charge in [0.15, 0.2) is 0 Å². The second kappa shape index (κ2) is 14.1. The van der Waals surface area contributed by atoms with E-state index in [0.717, 1.165) is 16.7 Å². The van der Waals surface area contributed by atoms with E-state index in [1.54, 1.807) is 0 Å². The van der Waals surface area contributed by atoms with Gasteiger partial charge in [0, 0.05) is 31.7 Å². The lowest BCUT2D eigenvalue weighted by Gasteiger charge is -2.31. The van der Waals surface area contributed by atoms with Crippen LogP contribution in [0.15, 0.2) is 91.0 Å². The van der Waals surface area contributed by atoms with Crippen molar-refractivity contribution in [3.63, 3.8) is 0 Å². The predicted octanol–water partition coefficient (Wildman–Crippen LogP) is 2.77. The van der Waals surface area contributed by atoms with E-state index in [1.165, 1.54) is 0 Å². The lowest BCUT2D eigenvalue weighted by molar-refractivity contribution is 0.0455. The Morgan fingerprint density at radius 3 is 1.27 bits per heavy atom. The zero-order valence-electron chi connectivity index (χ0n) is 18.9. The molecule has 3 aromatic carbocycles. The van der Waals surface area contributed by atoms with Crippen LogP contribution in [0.2, 0.25) is 0 Å². The van der Waals surface area contributed by atoms with Crippen LogP contribution < -0.4 is 11.5 Å². The fourth-order valence-electron chi connectivity index (χ4n) is 3.89. The Morgan fingerprint density at radius 2 is 0.909 bits per heavy atom. The summed E-state index contributed by atoms with van der Waals surface area (Å²) in [5.74, 6) is 0. The molecule has 0 bridgehead atoms. The smallest absolute Gasteiger partial charge is 0.0821 e. The van der Waals surface area contributed by atoms with Crippen LogP contribution in [0.25, 0.3) is 0 Å². The summed E-state index contributed by atoms with van der Waals surface area (Å²) in [5.41, 5.74) is 15.9. The molecule has 6 N–H and O–H groups in total. The Morgan fingerprint density at radius 1 is 0.576 bits per heavy atom. The first kappa shape index (κ1) is 27.0. The second-order valence-corrected chi connectivity index (χ2v) is 8.52. The van der Waals surface area contributed by atoms with Gasteiger partial charge in [0.2, 0.25) is 0 Å². The Balaban J connectivity index is 0.00000385. The molecule has 0 spiro atoms. The molecule has 0 saturated heterocycles. The van der Waals surface area contributed by atoms with Gasteiger partial charge in [-0.25, -0.2) is 0 Å². The molecule has 0 heterocycles. The number of rotatable bonds is 12. The summed E-state index contributed by atoms with van der Waals surface area (Å²) in [6, 6.07) is 29.1. The van der Waals surface area contributed by atoms with Crippen molar-refractivity contribution in [1.29, 1.82) is 0 Å². The first-order valence-electron chi connectivity index (χ1n) is 11.2. The topological polar surface area (TPSA) is 95.7 Å². The first-order chi connectivity index (χ1) is 15.5. The van der Waals surface area contributed by atoms with E-state index >= 15 is 0 Å². The summed E-state index contributed by atoms with van der Waals surface area (Å²) in [4.78, 5) is 2.04. The van der Waals surface area contributed by atoms with Gasteiger partial charge < -0.3 is 21.7 Å². The molecule has 0 amide bonds. The van der Waals surface area contributed by atoms with Crippen molar-refractivity contribution < 1.29 is 10.2 Å². The van der Waals surface area contributed by atoms with E-state index in [1.807, 2.05) is 95.9 Å². The summed E-state index contributed by atoms with van der Waals surface area (Å²) >= 11 is 0. The van der Waals surface area contributed by atoms with Gasteiger partial charge in [-0.1, -0.05) is 91.0 Å². The number of nitrogens with zero attached hydrogens (tertiary/aromatic N) is 1. The summed E-state index contributed by atoms with van der Waals surface area (Å²) in [6.07, 6.45) is -0.262. The quantitative estimate of drug-likeness (QED) is 0.327. The van der Waals surface area contributed by atoms with E-state index in [4.69, 9.17) is 11.5 Å². The van der Waals surface area contributed by atoms with Crippen LogP contribution in [-0.2, 0) is 19.4 Å². The third kappa shape index (κ3) is 9.26. The lowest BCUT2D eigenvalue weighted by Crippen LogP contribution is -2.49. The molecular weight excluding hydrogens is 434 g/mol.